The van der Waals surface area contributed by atoms with Crippen molar-refractivity contribution in [2.45, 2.75) is 12.3 Å². The van der Waals surface area contributed by atoms with Crippen molar-refractivity contribution in [1.29, 1.82) is 0 Å². The Bertz CT molecular complexity index is 1400. The molecule has 1 unspecified atom stereocenters. The minimum atomic E-state index is -0.533. The molecule has 182 valence electrons. The van der Waals surface area contributed by atoms with Crippen LogP contribution >= 0.6 is 0 Å². The normalized spacial score (nSPS) is 17.1. The fraction of sp³-hybridized carbons (Fsp3) is 0.179. The largest absolute Gasteiger partial charge is 0.496 e. The number of fused-ring (bicyclic) bond motifs is 3. The molecular formula is C28H22O8. The third kappa shape index (κ3) is 4.17. The minimum Gasteiger partial charge on any atom is -0.496 e. The Morgan fingerprint density at radius 3 is 2.50 bits per heavy atom. The first-order valence-corrected chi connectivity index (χ1v) is 11.2. The van der Waals surface area contributed by atoms with Crippen molar-refractivity contribution >= 4 is 23.8 Å². The maximum atomic E-state index is 13.3. The number of ether oxygens (including phenoxy) is 5. The molecule has 0 radical (unpaired) electrons. The van der Waals surface area contributed by atoms with Gasteiger partial charge >= 0.3 is 11.9 Å². The molecular weight excluding hydrogens is 464 g/mol. The molecule has 0 fully saturated rings. The SMILES string of the molecule is COC(=O)COc1ccccc1C1CC(=O)Oc2ccc3c(c21)OC(=Cc1ccccc1OC)C3=O. The molecule has 5 rings (SSSR count). The Hall–Kier alpha value is -4.59. The molecule has 0 aliphatic carbocycles. The van der Waals surface area contributed by atoms with Gasteiger partial charge in [-0.1, -0.05) is 36.4 Å². The van der Waals surface area contributed by atoms with Gasteiger partial charge in [0.25, 0.3) is 0 Å². The smallest absolute Gasteiger partial charge is 0.343 e. The number of esters is 2. The maximum Gasteiger partial charge on any atom is 0.343 e. The van der Waals surface area contributed by atoms with Crippen molar-refractivity contribution in [2.75, 3.05) is 20.8 Å². The van der Waals surface area contributed by atoms with E-state index in [1.165, 1.54) is 7.11 Å². The number of benzene rings is 3. The quantitative estimate of drug-likeness (QED) is 0.289. The van der Waals surface area contributed by atoms with Crippen LogP contribution in [0.4, 0.5) is 0 Å². The zero-order valence-electron chi connectivity index (χ0n) is 19.6. The highest BCUT2D eigenvalue weighted by atomic mass is 16.6. The first kappa shape index (κ1) is 23.2. The van der Waals surface area contributed by atoms with Crippen LogP contribution in [0.1, 0.15) is 39.4 Å². The fourth-order valence-electron chi connectivity index (χ4n) is 4.39. The molecule has 8 heteroatoms. The van der Waals surface area contributed by atoms with E-state index in [1.54, 1.807) is 49.6 Å². The Morgan fingerprint density at radius 1 is 0.972 bits per heavy atom. The number of methoxy groups -OCH3 is 2. The Balaban J connectivity index is 1.58. The van der Waals surface area contributed by atoms with E-state index in [-0.39, 0.29) is 24.6 Å². The number of ketones is 1. The van der Waals surface area contributed by atoms with Crippen LogP contribution in [0.5, 0.6) is 23.0 Å². The van der Waals surface area contributed by atoms with Crippen molar-refractivity contribution in [3.63, 3.8) is 0 Å². The second kappa shape index (κ2) is 9.58. The summed E-state index contributed by atoms with van der Waals surface area (Å²) in [5.74, 6) is 0.0199. The molecule has 36 heavy (non-hydrogen) atoms. The summed E-state index contributed by atoms with van der Waals surface area (Å²) >= 11 is 0. The number of rotatable bonds is 6. The summed E-state index contributed by atoms with van der Waals surface area (Å²) in [6.07, 6.45) is 1.63. The van der Waals surface area contributed by atoms with E-state index < -0.39 is 17.9 Å². The van der Waals surface area contributed by atoms with Gasteiger partial charge in [0, 0.05) is 22.6 Å². The highest BCUT2D eigenvalue weighted by Gasteiger charge is 2.39. The summed E-state index contributed by atoms with van der Waals surface area (Å²) in [6, 6.07) is 17.6. The van der Waals surface area contributed by atoms with Crippen LogP contribution < -0.4 is 18.9 Å². The molecule has 2 heterocycles. The van der Waals surface area contributed by atoms with Gasteiger partial charge in [0.1, 0.15) is 23.0 Å². The minimum absolute atomic E-state index is 0.00512. The second-order valence-corrected chi connectivity index (χ2v) is 8.17. The molecule has 2 aliphatic rings. The third-order valence-corrected chi connectivity index (χ3v) is 6.07. The van der Waals surface area contributed by atoms with Crippen LogP contribution in [-0.2, 0) is 14.3 Å². The fourth-order valence-corrected chi connectivity index (χ4v) is 4.39. The first-order valence-electron chi connectivity index (χ1n) is 11.2. The molecule has 0 saturated heterocycles. The number of para-hydroxylation sites is 2. The van der Waals surface area contributed by atoms with E-state index in [0.29, 0.717) is 45.3 Å². The van der Waals surface area contributed by atoms with Gasteiger partial charge in [-0.05, 0) is 30.3 Å². The summed E-state index contributed by atoms with van der Waals surface area (Å²) in [7, 11) is 2.83. The summed E-state index contributed by atoms with van der Waals surface area (Å²) in [4.78, 5) is 37.4. The summed E-state index contributed by atoms with van der Waals surface area (Å²) < 4.78 is 27.4. The lowest BCUT2D eigenvalue weighted by Gasteiger charge is -2.27. The van der Waals surface area contributed by atoms with Crippen LogP contribution in [0.25, 0.3) is 6.08 Å². The van der Waals surface area contributed by atoms with E-state index >= 15 is 0 Å². The van der Waals surface area contributed by atoms with Crippen molar-refractivity contribution in [2.24, 2.45) is 0 Å². The Morgan fingerprint density at radius 2 is 1.72 bits per heavy atom. The van der Waals surface area contributed by atoms with E-state index in [4.69, 9.17) is 18.9 Å². The molecule has 8 nitrogen and oxygen atoms in total. The van der Waals surface area contributed by atoms with Crippen molar-refractivity contribution in [3.8, 4) is 23.0 Å². The number of Topliss-reactive ketones (excluding diaryl/α,β-unsaturated/α-hetero) is 1. The zero-order valence-corrected chi connectivity index (χ0v) is 19.6. The van der Waals surface area contributed by atoms with Crippen LogP contribution in [0, 0.1) is 0 Å². The van der Waals surface area contributed by atoms with Crippen LogP contribution in [0.3, 0.4) is 0 Å². The van der Waals surface area contributed by atoms with Crippen molar-refractivity contribution in [1.82, 2.24) is 0 Å². The predicted molar refractivity (Wildman–Crippen MR) is 128 cm³/mol. The van der Waals surface area contributed by atoms with Gasteiger partial charge in [0.2, 0.25) is 5.78 Å². The lowest BCUT2D eigenvalue weighted by atomic mass is 9.84. The average molecular weight is 486 g/mol. The molecule has 0 N–H and O–H groups in total. The van der Waals surface area contributed by atoms with Gasteiger partial charge in [-0.15, -0.1) is 0 Å². The van der Waals surface area contributed by atoms with Crippen LogP contribution in [-0.4, -0.2) is 38.5 Å². The molecule has 0 amide bonds. The van der Waals surface area contributed by atoms with Crippen molar-refractivity contribution < 1.29 is 38.1 Å². The summed E-state index contributed by atoms with van der Waals surface area (Å²) in [6.45, 7) is -0.286. The first-order chi connectivity index (χ1) is 17.5. The average Bonchev–Trinajstić information content (AvgIpc) is 3.22. The molecule has 1 atom stereocenters. The Kier molecular flexibility index (Phi) is 6.16. The van der Waals surface area contributed by atoms with Crippen LogP contribution in [0.2, 0.25) is 0 Å². The van der Waals surface area contributed by atoms with E-state index in [9.17, 15) is 14.4 Å². The molecule has 0 bridgehead atoms. The molecule has 3 aromatic carbocycles. The van der Waals surface area contributed by atoms with Gasteiger partial charge in [-0.25, -0.2) is 4.79 Å². The van der Waals surface area contributed by atoms with Gasteiger partial charge in [0.15, 0.2) is 12.4 Å². The molecule has 0 aromatic heterocycles. The standard InChI is InChI=1S/C28H22O8/c1-32-20-9-5-3-7-16(20)13-23-27(31)18-11-12-22-26(28(18)36-23)19(14-24(29)35-22)17-8-4-6-10-21(17)34-15-25(30)33-2/h3-13,19H,14-15H2,1-2H3. The van der Waals surface area contributed by atoms with Gasteiger partial charge < -0.3 is 23.7 Å². The molecule has 0 spiro atoms. The van der Waals surface area contributed by atoms with Gasteiger partial charge in [-0.2, -0.15) is 0 Å². The van der Waals surface area contributed by atoms with Crippen LogP contribution in [0.15, 0.2) is 66.4 Å². The van der Waals surface area contributed by atoms with Gasteiger partial charge in [0.05, 0.1) is 26.2 Å². The second-order valence-electron chi connectivity index (χ2n) is 8.17. The summed E-state index contributed by atoms with van der Waals surface area (Å²) in [5, 5.41) is 0. The number of carbonyl (C=O) groups is 3. The number of hydrogen-bond acceptors (Lipinski definition) is 8. The topological polar surface area (TPSA) is 97.4 Å². The van der Waals surface area contributed by atoms with E-state index in [2.05, 4.69) is 4.74 Å². The number of allylic oxidation sites excluding steroid dienone is 1. The Labute approximate surface area is 207 Å². The lowest BCUT2D eigenvalue weighted by molar-refractivity contribution is -0.143. The highest BCUT2D eigenvalue weighted by molar-refractivity contribution is 6.15. The number of hydrogen-bond donors (Lipinski definition) is 0. The lowest BCUT2D eigenvalue weighted by Crippen LogP contribution is -2.22. The third-order valence-electron chi connectivity index (χ3n) is 6.07. The van der Waals surface area contributed by atoms with E-state index in [1.807, 2.05) is 24.3 Å². The number of carbonyl (C=O) groups excluding carboxylic acids is 3. The predicted octanol–water partition coefficient (Wildman–Crippen LogP) is 4.30. The van der Waals surface area contributed by atoms with Gasteiger partial charge in [-0.3, -0.25) is 9.59 Å². The molecule has 2 aliphatic heterocycles. The zero-order chi connectivity index (χ0) is 25.2. The summed E-state index contributed by atoms with van der Waals surface area (Å²) in [5.41, 5.74) is 2.28. The van der Waals surface area contributed by atoms with E-state index in [0.717, 1.165) is 0 Å². The molecule has 0 saturated carbocycles. The maximum absolute atomic E-state index is 13.3. The molecule has 3 aromatic rings. The highest BCUT2D eigenvalue weighted by Crippen LogP contribution is 2.50. The monoisotopic (exact) mass is 486 g/mol. The van der Waals surface area contributed by atoms with Crippen molar-refractivity contribution in [3.05, 3.63) is 88.7 Å².